The van der Waals surface area contributed by atoms with Crippen LogP contribution in [-0.2, 0) is 4.79 Å². The Morgan fingerprint density at radius 3 is 2.94 bits per heavy atom. The summed E-state index contributed by atoms with van der Waals surface area (Å²) in [6.07, 6.45) is 2.84. The predicted octanol–water partition coefficient (Wildman–Crippen LogP) is 0.132. The molecule has 1 aromatic rings. The maximum Gasteiger partial charge on any atom is 0.252 e. The number of amides is 2. The number of pyridine rings is 1. The van der Waals surface area contributed by atoms with Gasteiger partial charge in [0.1, 0.15) is 5.82 Å². The molecule has 1 aliphatic rings. The van der Waals surface area contributed by atoms with Crippen LogP contribution in [0.1, 0.15) is 23.2 Å². The second-order valence-electron chi connectivity index (χ2n) is 4.20. The molecule has 2 rings (SSSR count). The van der Waals surface area contributed by atoms with Gasteiger partial charge in [0, 0.05) is 32.3 Å². The monoisotopic (exact) mass is 248 g/mol. The first kappa shape index (κ1) is 12.3. The van der Waals surface area contributed by atoms with Crippen molar-refractivity contribution < 1.29 is 9.59 Å². The number of aromatic nitrogens is 1. The molecule has 0 aliphatic carbocycles. The van der Waals surface area contributed by atoms with Crippen molar-refractivity contribution >= 4 is 17.6 Å². The van der Waals surface area contributed by atoms with Crippen molar-refractivity contribution in [2.45, 2.75) is 18.9 Å². The number of hydrogen-bond donors (Lipinski definition) is 3. The van der Waals surface area contributed by atoms with E-state index in [1.165, 1.54) is 6.20 Å². The zero-order chi connectivity index (χ0) is 13.0. The lowest BCUT2D eigenvalue weighted by Crippen LogP contribution is -2.38. The number of hydrogen-bond acceptors (Lipinski definition) is 4. The van der Waals surface area contributed by atoms with Gasteiger partial charge in [-0.3, -0.25) is 9.59 Å². The van der Waals surface area contributed by atoms with Crippen molar-refractivity contribution in [1.29, 1.82) is 0 Å². The number of carbonyl (C=O) groups excluding carboxylic acids is 2. The summed E-state index contributed by atoms with van der Waals surface area (Å²) >= 11 is 0. The molecule has 6 nitrogen and oxygen atoms in total. The van der Waals surface area contributed by atoms with E-state index >= 15 is 0 Å². The summed E-state index contributed by atoms with van der Waals surface area (Å²) in [6, 6.07) is 3.50. The third-order valence-corrected chi connectivity index (χ3v) is 2.88. The number of nitrogens with one attached hydrogen (secondary N) is 3. The Balaban J connectivity index is 1.85. The van der Waals surface area contributed by atoms with E-state index in [1.807, 2.05) is 0 Å². The first-order valence-corrected chi connectivity index (χ1v) is 5.90. The minimum Gasteiger partial charge on any atom is -0.373 e. The van der Waals surface area contributed by atoms with Crippen LogP contribution in [0.5, 0.6) is 0 Å². The van der Waals surface area contributed by atoms with Crippen LogP contribution >= 0.6 is 0 Å². The Morgan fingerprint density at radius 2 is 2.39 bits per heavy atom. The summed E-state index contributed by atoms with van der Waals surface area (Å²) in [5.74, 6) is 0.593. The van der Waals surface area contributed by atoms with Gasteiger partial charge in [-0.05, 0) is 18.6 Å². The van der Waals surface area contributed by atoms with Crippen molar-refractivity contribution in [3.63, 3.8) is 0 Å². The van der Waals surface area contributed by atoms with Crippen LogP contribution in [-0.4, -0.2) is 36.4 Å². The van der Waals surface area contributed by atoms with Crippen LogP contribution in [0, 0.1) is 0 Å². The highest BCUT2D eigenvalue weighted by Crippen LogP contribution is 2.06. The molecule has 1 unspecified atom stereocenters. The minimum atomic E-state index is -0.175. The fourth-order valence-electron chi connectivity index (χ4n) is 1.82. The van der Waals surface area contributed by atoms with E-state index in [9.17, 15) is 9.59 Å². The van der Waals surface area contributed by atoms with Gasteiger partial charge >= 0.3 is 0 Å². The first-order chi connectivity index (χ1) is 8.69. The second kappa shape index (κ2) is 5.48. The first-order valence-electron chi connectivity index (χ1n) is 5.90. The third-order valence-electron chi connectivity index (χ3n) is 2.88. The van der Waals surface area contributed by atoms with E-state index < -0.39 is 0 Å². The lowest BCUT2D eigenvalue weighted by atomic mass is 10.2. The lowest BCUT2D eigenvalue weighted by molar-refractivity contribution is -0.119. The van der Waals surface area contributed by atoms with Crippen LogP contribution in [0.4, 0.5) is 5.82 Å². The highest BCUT2D eigenvalue weighted by atomic mass is 16.2. The highest BCUT2D eigenvalue weighted by molar-refractivity contribution is 5.94. The molecule has 2 amide bonds. The molecule has 0 spiro atoms. The van der Waals surface area contributed by atoms with Gasteiger partial charge in [0.15, 0.2) is 0 Å². The Kier molecular flexibility index (Phi) is 3.76. The summed E-state index contributed by atoms with van der Waals surface area (Å²) in [5.41, 5.74) is 0.512. The van der Waals surface area contributed by atoms with Crippen molar-refractivity contribution in [2.24, 2.45) is 0 Å². The predicted molar refractivity (Wildman–Crippen MR) is 67.3 cm³/mol. The maximum atomic E-state index is 11.8. The number of rotatable bonds is 4. The molecular formula is C12H16N4O2. The zero-order valence-corrected chi connectivity index (χ0v) is 10.2. The molecule has 6 heteroatoms. The SMILES string of the molecule is CNc1ccc(C(=O)NCC2CCC(=O)N2)cn1. The number of nitrogens with zero attached hydrogens (tertiary/aromatic N) is 1. The van der Waals surface area contributed by atoms with Gasteiger partial charge in [-0.2, -0.15) is 0 Å². The number of carbonyl (C=O) groups is 2. The molecular weight excluding hydrogens is 232 g/mol. The van der Waals surface area contributed by atoms with Crippen LogP contribution in [0.25, 0.3) is 0 Å². The maximum absolute atomic E-state index is 11.8. The molecule has 0 radical (unpaired) electrons. The van der Waals surface area contributed by atoms with Crippen LogP contribution in [0.15, 0.2) is 18.3 Å². The van der Waals surface area contributed by atoms with Crippen LogP contribution in [0.3, 0.4) is 0 Å². The van der Waals surface area contributed by atoms with E-state index in [2.05, 4.69) is 20.9 Å². The standard InChI is InChI=1S/C12H16N4O2/c1-13-10-4-2-8(6-14-10)12(18)15-7-9-3-5-11(17)16-9/h2,4,6,9H,3,5,7H2,1H3,(H,13,14)(H,15,18)(H,16,17). The normalized spacial score (nSPS) is 18.3. The zero-order valence-electron chi connectivity index (χ0n) is 10.2. The topological polar surface area (TPSA) is 83.1 Å². The number of anilines is 1. The Bertz CT molecular complexity index is 444. The molecule has 96 valence electrons. The van der Waals surface area contributed by atoms with E-state index in [1.54, 1.807) is 19.2 Å². The molecule has 3 N–H and O–H groups in total. The summed E-state index contributed by atoms with van der Waals surface area (Å²) in [4.78, 5) is 26.9. The van der Waals surface area contributed by atoms with Gasteiger partial charge in [0.2, 0.25) is 5.91 Å². The summed E-state index contributed by atoms with van der Waals surface area (Å²) in [5, 5.41) is 8.47. The van der Waals surface area contributed by atoms with Gasteiger partial charge in [-0.15, -0.1) is 0 Å². The van der Waals surface area contributed by atoms with Gasteiger partial charge in [-0.25, -0.2) is 4.98 Å². The Labute approximate surface area is 105 Å². The largest absolute Gasteiger partial charge is 0.373 e. The van der Waals surface area contributed by atoms with Crippen molar-refractivity contribution in [1.82, 2.24) is 15.6 Å². The van der Waals surface area contributed by atoms with Crippen LogP contribution in [0.2, 0.25) is 0 Å². The lowest BCUT2D eigenvalue weighted by Gasteiger charge is -2.11. The van der Waals surface area contributed by atoms with Crippen molar-refractivity contribution in [3.05, 3.63) is 23.9 Å². The van der Waals surface area contributed by atoms with E-state index in [4.69, 9.17) is 0 Å². The molecule has 0 bridgehead atoms. The molecule has 1 aromatic heterocycles. The summed E-state index contributed by atoms with van der Waals surface area (Å²) < 4.78 is 0. The second-order valence-corrected chi connectivity index (χ2v) is 4.20. The van der Waals surface area contributed by atoms with E-state index in [0.29, 0.717) is 18.5 Å². The molecule has 1 saturated heterocycles. The Morgan fingerprint density at radius 1 is 1.56 bits per heavy atom. The van der Waals surface area contributed by atoms with Gasteiger partial charge in [0.25, 0.3) is 5.91 Å². The molecule has 2 heterocycles. The summed E-state index contributed by atoms with van der Waals surface area (Å²) in [7, 11) is 1.77. The van der Waals surface area contributed by atoms with Gasteiger partial charge in [0.05, 0.1) is 5.56 Å². The highest BCUT2D eigenvalue weighted by Gasteiger charge is 2.21. The molecule has 1 atom stereocenters. The summed E-state index contributed by atoms with van der Waals surface area (Å²) in [6.45, 7) is 0.457. The van der Waals surface area contributed by atoms with E-state index in [-0.39, 0.29) is 17.9 Å². The fraction of sp³-hybridized carbons (Fsp3) is 0.417. The van der Waals surface area contributed by atoms with E-state index in [0.717, 1.165) is 12.2 Å². The average Bonchev–Trinajstić information content (AvgIpc) is 2.82. The van der Waals surface area contributed by atoms with Crippen molar-refractivity contribution in [2.75, 3.05) is 18.9 Å². The van der Waals surface area contributed by atoms with Gasteiger partial charge < -0.3 is 16.0 Å². The smallest absolute Gasteiger partial charge is 0.252 e. The fourth-order valence-corrected chi connectivity index (χ4v) is 1.82. The van der Waals surface area contributed by atoms with Crippen LogP contribution < -0.4 is 16.0 Å². The van der Waals surface area contributed by atoms with Gasteiger partial charge in [-0.1, -0.05) is 0 Å². The minimum absolute atomic E-state index is 0.0472. The molecule has 18 heavy (non-hydrogen) atoms. The Hall–Kier alpha value is -2.11. The third kappa shape index (κ3) is 2.97. The van der Waals surface area contributed by atoms with Crippen molar-refractivity contribution in [3.8, 4) is 0 Å². The molecule has 0 saturated carbocycles. The molecule has 0 aromatic carbocycles. The molecule has 1 aliphatic heterocycles. The quantitative estimate of drug-likeness (QED) is 0.707. The average molecular weight is 248 g/mol. The molecule has 1 fully saturated rings.